The van der Waals surface area contributed by atoms with Crippen molar-refractivity contribution in [1.29, 1.82) is 0 Å². The van der Waals surface area contributed by atoms with Crippen LogP contribution in [0.25, 0.3) is 0 Å². The molecule has 2 fully saturated rings. The summed E-state index contributed by atoms with van der Waals surface area (Å²) in [6, 6.07) is 6.80. The van der Waals surface area contributed by atoms with Crippen molar-refractivity contribution < 1.29 is 29.0 Å². The molecular weight excluding hydrogens is 426 g/mol. The van der Waals surface area contributed by atoms with E-state index in [9.17, 15) is 14.4 Å². The first-order valence-electron chi connectivity index (χ1n) is 11.9. The number of piperidine rings is 1. The number of nitrogens with one attached hydrogen (secondary N) is 2. The third kappa shape index (κ3) is 7.63. The fourth-order valence-corrected chi connectivity index (χ4v) is 4.33. The Hall–Kier alpha value is -2.81. The SMILES string of the molecule is CCOC1CCN(C(=O)NCCNC(=O)c2ccc(OC3CCC(C(=O)O)CC3)cc2)CC1. The standard InChI is InChI=1S/C24H35N3O6/c1-2-32-19-11-15-27(16-12-19)24(31)26-14-13-25-22(28)17-3-7-20(8-4-17)33-21-9-5-18(6-10-21)23(29)30/h3-4,7-8,18-19,21H,2,5-6,9-16H2,1H3,(H,25,28)(H,26,31)(H,29,30). The molecule has 0 unspecified atom stereocenters. The molecule has 1 saturated heterocycles. The number of carboxylic acids is 1. The number of urea groups is 1. The van der Waals surface area contributed by atoms with E-state index in [1.807, 2.05) is 6.92 Å². The first-order chi connectivity index (χ1) is 16.0. The lowest BCUT2D eigenvalue weighted by Crippen LogP contribution is -2.47. The van der Waals surface area contributed by atoms with E-state index in [2.05, 4.69) is 10.6 Å². The summed E-state index contributed by atoms with van der Waals surface area (Å²) in [5.41, 5.74) is 0.515. The van der Waals surface area contributed by atoms with Gasteiger partial charge in [0.15, 0.2) is 0 Å². The van der Waals surface area contributed by atoms with E-state index in [0.717, 1.165) is 25.7 Å². The Bertz CT molecular complexity index is 784. The van der Waals surface area contributed by atoms with Crippen molar-refractivity contribution in [3.8, 4) is 5.75 Å². The number of amides is 3. The number of carbonyl (C=O) groups is 3. The van der Waals surface area contributed by atoms with Crippen LogP contribution in [0.2, 0.25) is 0 Å². The van der Waals surface area contributed by atoms with E-state index >= 15 is 0 Å². The second-order valence-electron chi connectivity index (χ2n) is 8.58. The molecule has 0 atom stereocenters. The van der Waals surface area contributed by atoms with Crippen molar-refractivity contribution in [2.45, 2.75) is 57.7 Å². The van der Waals surface area contributed by atoms with Gasteiger partial charge < -0.3 is 30.1 Å². The molecule has 0 spiro atoms. The Morgan fingerprint density at radius 3 is 2.18 bits per heavy atom. The largest absolute Gasteiger partial charge is 0.490 e. The lowest BCUT2D eigenvalue weighted by atomic mass is 9.87. The van der Waals surface area contributed by atoms with E-state index in [-0.39, 0.29) is 30.1 Å². The lowest BCUT2D eigenvalue weighted by Gasteiger charge is -2.31. The van der Waals surface area contributed by atoms with Crippen LogP contribution < -0.4 is 15.4 Å². The summed E-state index contributed by atoms with van der Waals surface area (Å²) >= 11 is 0. The van der Waals surface area contributed by atoms with Crippen LogP contribution in [0.4, 0.5) is 4.79 Å². The smallest absolute Gasteiger partial charge is 0.317 e. The van der Waals surface area contributed by atoms with E-state index in [1.165, 1.54) is 0 Å². The van der Waals surface area contributed by atoms with Crippen LogP contribution in [0.1, 0.15) is 55.8 Å². The van der Waals surface area contributed by atoms with Gasteiger partial charge in [0.2, 0.25) is 0 Å². The Kier molecular flexibility index (Phi) is 9.35. The molecular formula is C24H35N3O6. The van der Waals surface area contributed by atoms with Crippen molar-refractivity contribution in [2.75, 3.05) is 32.8 Å². The molecule has 1 aromatic rings. The van der Waals surface area contributed by atoms with Gasteiger partial charge in [0.25, 0.3) is 5.91 Å². The molecule has 1 heterocycles. The summed E-state index contributed by atoms with van der Waals surface area (Å²) in [6.07, 6.45) is 4.63. The van der Waals surface area contributed by atoms with E-state index in [4.69, 9.17) is 14.6 Å². The average molecular weight is 462 g/mol. The molecule has 1 aromatic carbocycles. The van der Waals surface area contributed by atoms with Crippen LogP contribution in [0.5, 0.6) is 5.75 Å². The molecule has 3 rings (SSSR count). The summed E-state index contributed by atoms with van der Waals surface area (Å²) in [5, 5.41) is 14.7. The zero-order valence-electron chi connectivity index (χ0n) is 19.3. The number of aliphatic carboxylic acids is 1. The van der Waals surface area contributed by atoms with Crippen LogP contribution in [0.3, 0.4) is 0 Å². The van der Waals surface area contributed by atoms with Gasteiger partial charge in [-0.05, 0) is 69.7 Å². The molecule has 1 saturated carbocycles. The van der Waals surface area contributed by atoms with Crippen molar-refractivity contribution in [3.05, 3.63) is 29.8 Å². The molecule has 2 aliphatic rings. The van der Waals surface area contributed by atoms with Gasteiger partial charge in [0.1, 0.15) is 5.75 Å². The summed E-state index contributed by atoms with van der Waals surface area (Å²) in [7, 11) is 0. The number of ether oxygens (including phenoxy) is 2. The van der Waals surface area contributed by atoms with Gasteiger partial charge >= 0.3 is 12.0 Å². The van der Waals surface area contributed by atoms with Gasteiger partial charge in [-0.1, -0.05) is 0 Å². The highest BCUT2D eigenvalue weighted by molar-refractivity contribution is 5.94. The highest BCUT2D eigenvalue weighted by Crippen LogP contribution is 2.28. The minimum absolute atomic E-state index is 0.00819. The zero-order chi connectivity index (χ0) is 23.6. The van der Waals surface area contributed by atoms with E-state index in [0.29, 0.717) is 56.9 Å². The topological polar surface area (TPSA) is 117 Å². The molecule has 9 nitrogen and oxygen atoms in total. The average Bonchev–Trinajstić information content (AvgIpc) is 2.83. The maximum Gasteiger partial charge on any atom is 0.317 e. The monoisotopic (exact) mass is 461 g/mol. The molecule has 0 bridgehead atoms. The van der Waals surface area contributed by atoms with Crippen LogP contribution in [-0.2, 0) is 9.53 Å². The quantitative estimate of drug-likeness (QED) is 0.487. The minimum Gasteiger partial charge on any atom is -0.490 e. The van der Waals surface area contributed by atoms with E-state index < -0.39 is 5.97 Å². The number of nitrogens with zero attached hydrogens (tertiary/aromatic N) is 1. The molecule has 9 heteroatoms. The molecule has 1 aliphatic carbocycles. The number of likely N-dealkylation sites (tertiary alicyclic amines) is 1. The third-order valence-electron chi connectivity index (χ3n) is 6.26. The van der Waals surface area contributed by atoms with Gasteiger partial charge in [-0.2, -0.15) is 0 Å². The van der Waals surface area contributed by atoms with Crippen LogP contribution in [0.15, 0.2) is 24.3 Å². The number of carbonyl (C=O) groups excluding carboxylic acids is 2. The highest BCUT2D eigenvalue weighted by atomic mass is 16.5. The van der Waals surface area contributed by atoms with Crippen molar-refractivity contribution in [1.82, 2.24) is 15.5 Å². The Labute approximate surface area is 194 Å². The third-order valence-corrected chi connectivity index (χ3v) is 6.26. The first kappa shape index (κ1) is 24.8. The summed E-state index contributed by atoms with van der Waals surface area (Å²) in [6.45, 7) is 4.73. The summed E-state index contributed by atoms with van der Waals surface area (Å²) in [5.74, 6) is -0.542. The second kappa shape index (κ2) is 12.4. The molecule has 0 radical (unpaired) electrons. The predicted molar refractivity (Wildman–Crippen MR) is 122 cm³/mol. The molecule has 1 aliphatic heterocycles. The lowest BCUT2D eigenvalue weighted by molar-refractivity contribution is -0.143. The fraction of sp³-hybridized carbons (Fsp3) is 0.625. The fourth-order valence-electron chi connectivity index (χ4n) is 4.33. The number of hydrogen-bond acceptors (Lipinski definition) is 5. The van der Waals surface area contributed by atoms with Crippen LogP contribution in [0, 0.1) is 5.92 Å². The number of rotatable bonds is 9. The first-order valence-corrected chi connectivity index (χ1v) is 11.9. The van der Waals surface area contributed by atoms with Gasteiger partial charge in [0.05, 0.1) is 18.1 Å². The Morgan fingerprint density at radius 1 is 0.939 bits per heavy atom. The Morgan fingerprint density at radius 2 is 1.58 bits per heavy atom. The van der Waals surface area contributed by atoms with E-state index in [1.54, 1.807) is 29.2 Å². The minimum atomic E-state index is -0.731. The zero-order valence-corrected chi connectivity index (χ0v) is 19.3. The molecule has 33 heavy (non-hydrogen) atoms. The van der Waals surface area contributed by atoms with Crippen LogP contribution in [-0.4, -0.2) is 72.9 Å². The van der Waals surface area contributed by atoms with Gasteiger partial charge in [0, 0.05) is 38.3 Å². The Balaban J connectivity index is 1.32. The maximum absolute atomic E-state index is 12.3. The van der Waals surface area contributed by atoms with Gasteiger partial charge in [-0.3, -0.25) is 9.59 Å². The van der Waals surface area contributed by atoms with Crippen LogP contribution >= 0.6 is 0 Å². The maximum atomic E-state index is 12.3. The van der Waals surface area contributed by atoms with Crippen molar-refractivity contribution in [3.63, 3.8) is 0 Å². The van der Waals surface area contributed by atoms with Gasteiger partial charge in [-0.25, -0.2) is 4.79 Å². The number of carboxylic acid groups (broad SMARTS) is 1. The summed E-state index contributed by atoms with van der Waals surface area (Å²) < 4.78 is 11.5. The summed E-state index contributed by atoms with van der Waals surface area (Å²) in [4.78, 5) is 37.4. The van der Waals surface area contributed by atoms with Crippen molar-refractivity contribution in [2.24, 2.45) is 5.92 Å². The molecule has 3 amide bonds. The normalized spacial score (nSPS) is 21.3. The molecule has 182 valence electrons. The molecule has 0 aromatic heterocycles. The molecule has 3 N–H and O–H groups in total. The number of hydrogen-bond donors (Lipinski definition) is 3. The predicted octanol–water partition coefficient (Wildman–Crippen LogP) is 2.65. The van der Waals surface area contributed by atoms with Gasteiger partial charge in [-0.15, -0.1) is 0 Å². The van der Waals surface area contributed by atoms with Crippen molar-refractivity contribution >= 4 is 17.9 Å². The second-order valence-corrected chi connectivity index (χ2v) is 8.58. The number of benzene rings is 1. The highest BCUT2D eigenvalue weighted by Gasteiger charge is 2.27.